The summed E-state index contributed by atoms with van der Waals surface area (Å²) in [7, 11) is 0. The van der Waals surface area contributed by atoms with E-state index in [1.165, 1.54) is 0 Å². The quantitative estimate of drug-likeness (QED) is 0.554. The minimum atomic E-state index is -0.623. The van der Waals surface area contributed by atoms with Gasteiger partial charge in [0.05, 0.1) is 19.8 Å². The van der Waals surface area contributed by atoms with Gasteiger partial charge in [0.2, 0.25) is 0 Å². The van der Waals surface area contributed by atoms with Gasteiger partial charge in [0, 0.05) is 30.6 Å². The van der Waals surface area contributed by atoms with E-state index in [0.29, 0.717) is 47.8 Å². The molecule has 1 N–H and O–H groups in total. The predicted octanol–water partition coefficient (Wildman–Crippen LogP) is 3.35. The van der Waals surface area contributed by atoms with Crippen molar-refractivity contribution < 1.29 is 28.5 Å². The Bertz CT molecular complexity index is 1010. The summed E-state index contributed by atoms with van der Waals surface area (Å²) in [5.74, 6) is 0.586. The Balaban J connectivity index is 1.55. The molecule has 0 bridgehead atoms. The Kier molecular flexibility index (Phi) is 6.86. The van der Waals surface area contributed by atoms with Crippen molar-refractivity contribution in [3.8, 4) is 17.1 Å². The van der Waals surface area contributed by atoms with Crippen LogP contribution in [0, 0.1) is 0 Å². The van der Waals surface area contributed by atoms with Crippen LogP contribution in [0.1, 0.15) is 17.3 Å². The van der Waals surface area contributed by atoms with Gasteiger partial charge >= 0.3 is 5.97 Å². The number of ether oxygens (including phenoxy) is 3. The van der Waals surface area contributed by atoms with E-state index in [1.807, 2.05) is 30.3 Å². The van der Waals surface area contributed by atoms with Crippen molar-refractivity contribution >= 4 is 16.9 Å². The average molecular weight is 425 g/mol. The molecule has 164 valence electrons. The molecule has 0 unspecified atom stereocenters. The highest BCUT2D eigenvalue weighted by Gasteiger charge is 2.24. The predicted molar refractivity (Wildman–Crippen MR) is 116 cm³/mol. The molecule has 4 rings (SSSR count). The van der Waals surface area contributed by atoms with Crippen LogP contribution < -0.4 is 4.74 Å². The van der Waals surface area contributed by atoms with Crippen LogP contribution in [0.5, 0.6) is 5.75 Å². The van der Waals surface area contributed by atoms with E-state index >= 15 is 0 Å². The molecule has 7 nitrogen and oxygen atoms in total. The highest BCUT2D eigenvalue weighted by atomic mass is 16.5. The molecule has 1 fully saturated rings. The Morgan fingerprint density at radius 1 is 1.16 bits per heavy atom. The fourth-order valence-electron chi connectivity index (χ4n) is 3.69. The lowest BCUT2D eigenvalue weighted by atomic mass is 10.1. The number of β-amino-alcohol motifs (C(OH)–C–C–N with tert-alkyl or cyclic N) is 1. The van der Waals surface area contributed by atoms with E-state index in [-0.39, 0.29) is 13.2 Å². The third kappa shape index (κ3) is 5.07. The Hall–Kier alpha value is -2.87. The zero-order valence-electron chi connectivity index (χ0n) is 17.6. The molecule has 1 atom stereocenters. The molecule has 2 aromatic carbocycles. The SMILES string of the molecule is CCOC(=O)c1c(-c2ccccc2)oc2ccc(OC[C@H](O)CN3CCOCC3)cc12. The van der Waals surface area contributed by atoms with Gasteiger partial charge in [-0.05, 0) is 25.1 Å². The van der Waals surface area contributed by atoms with Crippen LogP contribution in [0.4, 0.5) is 0 Å². The van der Waals surface area contributed by atoms with Crippen LogP contribution in [-0.2, 0) is 9.47 Å². The van der Waals surface area contributed by atoms with Crippen LogP contribution in [0.15, 0.2) is 52.9 Å². The smallest absolute Gasteiger partial charge is 0.342 e. The normalized spacial score (nSPS) is 15.7. The van der Waals surface area contributed by atoms with Gasteiger partial charge in [-0.1, -0.05) is 30.3 Å². The topological polar surface area (TPSA) is 81.4 Å². The molecule has 0 aliphatic carbocycles. The number of carbonyl (C=O) groups is 1. The summed E-state index contributed by atoms with van der Waals surface area (Å²) in [4.78, 5) is 14.9. The van der Waals surface area contributed by atoms with E-state index in [4.69, 9.17) is 18.6 Å². The molecule has 7 heteroatoms. The van der Waals surface area contributed by atoms with Crippen molar-refractivity contribution in [2.45, 2.75) is 13.0 Å². The van der Waals surface area contributed by atoms with E-state index in [1.54, 1.807) is 25.1 Å². The molecule has 2 heterocycles. The first-order valence-corrected chi connectivity index (χ1v) is 10.6. The molecule has 1 aromatic heterocycles. The standard InChI is InChI=1S/C24H27NO6/c1-2-29-24(27)22-20-14-19(30-16-18(26)15-25-10-12-28-13-11-25)8-9-21(20)31-23(22)17-6-4-3-5-7-17/h3-9,14,18,26H,2,10-13,15-16H2,1H3/t18-/m1/s1. The minimum Gasteiger partial charge on any atom is -0.491 e. The third-order valence-corrected chi connectivity index (χ3v) is 5.19. The average Bonchev–Trinajstić information content (AvgIpc) is 3.18. The molecule has 1 aliphatic heterocycles. The highest BCUT2D eigenvalue weighted by molar-refractivity contribution is 6.09. The molecule has 0 radical (unpaired) electrons. The van der Waals surface area contributed by atoms with Gasteiger partial charge in [-0.2, -0.15) is 0 Å². The van der Waals surface area contributed by atoms with Crippen LogP contribution in [0.3, 0.4) is 0 Å². The lowest BCUT2D eigenvalue weighted by Gasteiger charge is -2.28. The fourth-order valence-corrected chi connectivity index (χ4v) is 3.69. The lowest BCUT2D eigenvalue weighted by Crippen LogP contribution is -2.42. The van der Waals surface area contributed by atoms with Gasteiger partial charge in [0.25, 0.3) is 0 Å². The number of esters is 1. The van der Waals surface area contributed by atoms with Crippen LogP contribution >= 0.6 is 0 Å². The second kappa shape index (κ2) is 9.96. The maximum absolute atomic E-state index is 12.7. The van der Waals surface area contributed by atoms with Crippen molar-refractivity contribution in [3.63, 3.8) is 0 Å². The first-order valence-electron chi connectivity index (χ1n) is 10.6. The monoisotopic (exact) mass is 425 g/mol. The van der Waals surface area contributed by atoms with Crippen molar-refractivity contribution in [1.29, 1.82) is 0 Å². The van der Waals surface area contributed by atoms with E-state index in [9.17, 15) is 9.90 Å². The van der Waals surface area contributed by atoms with E-state index in [0.717, 1.165) is 18.7 Å². The van der Waals surface area contributed by atoms with Gasteiger partial charge < -0.3 is 23.7 Å². The summed E-state index contributed by atoms with van der Waals surface area (Å²) in [5.41, 5.74) is 1.75. The zero-order chi connectivity index (χ0) is 21.6. The number of hydrogen-bond donors (Lipinski definition) is 1. The summed E-state index contributed by atoms with van der Waals surface area (Å²) in [5, 5.41) is 11.0. The number of carbonyl (C=O) groups excluding carboxylic acids is 1. The highest BCUT2D eigenvalue weighted by Crippen LogP contribution is 2.36. The molecule has 0 spiro atoms. The minimum absolute atomic E-state index is 0.154. The van der Waals surface area contributed by atoms with Crippen molar-refractivity contribution in [2.75, 3.05) is 46.1 Å². The van der Waals surface area contributed by atoms with Gasteiger partial charge in [0.1, 0.15) is 35.4 Å². The first kappa shape index (κ1) is 21.4. The van der Waals surface area contributed by atoms with Crippen molar-refractivity contribution in [2.24, 2.45) is 0 Å². The number of hydrogen-bond acceptors (Lipinski definition) is 7. The summed E-state index contributed by atoms with van der Waals surface area (Å²) in [6, 6.07) is 14.8. The van der Waals surface area contributed by atoms with Crippen LogP contribution in [0.2, 0.25) is 0 Å². The first-order chi connectivity index (χ1) is 15.2. The van der Waals surface area contributed by atoms with Gasteiger partial charge in [-0.15, -0.1) is 0 Å². The number of aliphatic hydroxyl groups is 1. The Labute approximate surface area is 181 Å². The third-order valence-electron chi connectivity index (χ3n) is 5.19. The number of morpholine rings is 1. The molecule has 0 amide bonds. The number of furan rings is 1. The Morgan fingerprint density at radius 3 is 2.68 bits per heavy atom. The van der Waals surface area contributed by atoms with Gasteiger partial charge in [0.15, 0.2) is 0 Å². The lowest BCUT2D eigenvalue weighted by molar-refractivity contribution is 0.00466. The Morgan fingerprint density at radius 2 is 1.94 bits per heavy atom. The van der Waals surface area contributed by atoms with Gasteiger partial charge in [-0.3, -0.25) is 4.90 Å². The molecule has 1 saturated heterocycles. The fraction of sp³-hybridized carbons (Fsp3) is 0.375. The molecule has 1 aliphatic rings. The van der Waals surface area contributed by atoms with Crippen molar-refractivity contribution in [3.05, 3.63) is 54.1 Å². The second-order valence-corrected chi connectivity index (χ2v) is 7.43. The number of aliphatic hydroxyl groups excluding tert-OH is 1. The van der Waals surface area contributed by atoms with E-state index in [2.05, 4.69) is 4.90 Å². The van der Waals surface area contributed by atoms with Crippen LogP contribution in [0.25, 0.3) is 22.3 Å². The van der Waals surface area contributed by atoms with E-state index < -0.39 is 12.1 Å². The summed E-state index contributed by atoms with van der Waals surface area (Å²) < 4.78 is 22.5. The largest absolute Gasteiger partial charge is 0.491 e. The van der Waals surface area contributed by atoms with Crippen molar-refractivity contribution in [1.82, 2.24) is 4.90 Å². The molecule has 0 saturated carbocycles. The summed E-state index contributed by atoms with van der Waals surface area (Å²) in [6.07, 6.45) is -0.623. The molecule has 31 heavy (non-hydrogen) atoms. The second-order valence-electron chi connectivity index (χ2n) is 7.43. The molecular weight excluding hydrogens is 398 g/mol. The number of benzene rings is 2. The van der Waals surface area contributed by atoms with Crippen LogP contribution in [-0.4, -0.2) is 68.1 Å². The summed E-state index contributed by atoms with van der Waals surface area (Å²) >= 11 is 0. The number of rotatable bonds is 8. The maximum Gasteiger partial charge on any atom is 0.342 e. The number of fused-ring (bicyclic) bond motifs is 1. The molecule has 3 aromatic rings. The maximum atomic E-state index is 12.7. The molecular formula is C24H27NO6. The van der Waals surface area contributed by atoms with Gasteiger partial charge in [-0.25, -0.2) is 4.79 Å². The zero-order valence-corrected chi connectivity index (χ0v) is 17.6. The number of nitrogens with zero attached hydrogens (tertiary/aromatic N) is 1. The summed E-state index contributed by atoms with van der Waals surface area (Å²) in [6.45, 7) is 5.71.